The predicted molar refractivity (Wildman–Crippen MR) is 70.6 cm³/mol. The lowest BCUT2D eigenvalue weighted by atomic mass is 9.92. The van der Waals surface area contributed by atoms with Crippen LogP contribution >= 0.6 is 0 Å². The van der Waals surface area contributed by atoms with E-state index >= 15 is 0 Å². The summed E-state index contributed by atoms with van der Waals surface area (Å²) in [6.45, 7) is 9.57. The molecule has 0 saturated heterocycles. The summed E-state index contributed by atoms with van der Waals surface area (Å²) >= 11 is 0. The van der Waals surface area contributed by atoms with Crippen molar-refractivity contribution in [2.24, 2.45) is 0 Å². The maximum Gasteiger partial charge on any atom is 0.323 e. The summed E-state index contributed by atoms with van der Waals surface area (Å²) < 4.78 is 2.00. The molecule has 0 aromatic carbocycles. The summed E-state index contributed by atoms with van der Waals surface area (Å²) in [6, 6.07) is 0.210. The molecular weight excluding hydrogens is 230 g/mol. The summed E-state index contributed by atoms with van der Waals surface area (Å²) in [5.41, 5.74) is -0.926. The van der Waals surface area contributed by atoms with Crippen LogP contribution in [0, 0.1) is 6.92 Å². The maximum absolute atomic E-state index is 11.5. The van der Waals surface area contributed by atoms with E-state index in [2.05, 4.69) is 10.3 Å². The lowest BCUT2D eigenvalue weighted by Gasteiger charge is -2.32. The minimum Gasteiger partial charge on any atom is -0.480 e. The number of rotatable bonds is 6. The molecule has 0 aliphatic carbocycles. The van der Waals surface area contributed by atoms with Gasteiger partial charge in [-0.15, -0.1) is 0 Å². The lowest BCUT2D eigenvalue weighted by molar-refractivity contribution is -0.145. The van der Waals surface area contributed by atoms with Crippen molar-refractivity contribution in [1.29, 1.82) is 0 Å². The van der Waals surface area contributed by atoms with Gasteiger partial charge in [0.2, 0.25) is 0 Å². The fraction of sp³-hybridized carbons (Fsp3) is 0.692. The predicted octanol–water partition coefficient (Wildman–Crippen LogP) is 1.98. The minimum absolute atomic E-state index is 0.0832. The number of aryl methyl sites for hydroxylation is 1. The molecule has 5 heteroatoms. The van der Waals surface area contributed by atoms with Gasteiger partial charge in [-0.05, 0) is 41.0 Å². The molecule has 2 unspecified atom stereocenters. The first-order chi connectivity index (χ1) is 8.26. The van der Waals surface area contributed by atoms with E-state index in [4.69, 9.17) is 0 Å². The zero-order valence-electron chi connectivity index (χ0n) is 11.8. The number of imidazole rings is 1. The first-order valence-electron chi connectivity index (χ1n) is 6.27. The molecule has 1 aromatic rings. The molecule has 0 fully saturated rings. The summed E-state index contributed by atoms with van der Waals surface area (Å²) in [6.07, 6.45) is 4.13. The van der Waals surface area contributed by atoms with Gasteiger partial charge in [0.15, 0.2) is 0 Å². The van der Waals surface area contributed by atoms with Crippen LogP contribution in [0.3, 0.4) is 0 Å². The third-order valence-electron chi connectivity index (χ3n) is 3.12. The van der Waals surface area contributed by atoms with Crippen molar-refractivity contribution in [3.63, 3.8) is 0 Å². The molecule has 18 heavy (non-hydrogen) atoms. The van der Waals surface area contributed by atoms with E-state index in [0.29, 0.717) is 6.42 Å². The van der Waals surface area contributed by atoms with Crippen molar-refractivity contribution in [3.8, 4) is 0 Å². The van der Waals surface area contributed by atoms with E-state index in [-0.39, 0.29) is 12.1 Å². The second-order valence-electron chi connectivity index (χ2n) is 5.37. The van der Waals surface area contributed by atoms with Crippen LogP contribution in [0.4, 0.5) is 0 Å². The number of nitrogens with one attached hydrogen (secondary N) is 1. The molecule has 0 saturated carbocycles. The summed E-state index contributed by atoms with van der Waals surface area (Å²) in [7, 11) is 0. The third kappa shape index (κ3) is 3.32. The molecule has 1 heterocycles. The highest BCUT2D eigenvalue weighted by Gasteiger charge is 2.35. The SMILES string of the molecule is Cc1nccn1C(C)CC(C)(NC(C)C)C(=O)O. The Labute approximate surface area is 108 Å². The molecule has 0 amide bonds. The van der Waals surface area contributed by atoms with Gasteiger partial charge in [-0.3, -0.25) is 10.1 Å². The van der Waals surface area contributed by atoms with E-state index in [1.165, 1.54) is 0 Å². The molecular formula is C13H23N3O2. The molecule has 2 N–H and O–H groups in total. The monoisotopic (exact) mass is 253 g/mol. The van der Waals surface area contributed by atoms with E-state index in [0.717, 1.165) is 5.82 Å². The number of hydrogen-bond acceptors (Lipinski definition) is 3. The lowest BCUT2D eigenvalue weighted by Crippen LogP contribution is -2.53. The molecule has 0 bridgehead atoms. The van der Waals surface area contributed by atoms with E-state index in [1.54, 1.807) is 13.1 Å². The van der Waals surface area contributed by atoms with E-state index in [1.807, 2.05) is 38.5 Å². The number of nitrogens with zero attached hydrogens (tertiary/aromatic N) is 2. The summed E-state index contributed by atoms with van der Waals surface area (Å²) in [4.78, 5) is 15.6. The number of carboxylic acid groups (broad SMARTS) is 1. The number of carbonyl (C=O) groups is 1. The van der Waals surface area contributed by atoms with Crippen LogP contribution in [0.25, 0.3) is 0 Å². The smallest absolute Gasteiger partial charge is 0.323 e. The van der Waals surface area contributed by atoms with Gasteiger partial charge in [0.1, 0.15) is 11.4 Å². The second kappa shape index (κ2) is 5.52. The molecule has 5 nitrogen and oxygen atoms in total. The van der Waals surface area contributed by atoms with Gasteiger partial charge >= 0.3 is 5.97 Å². The van der Waals surface area contributed by atoms with Crippen LogP contribution in [0.2, 0.25) is 0 Å². The van der Waals surface area contributed by atoms with Crippen LogP contribution < -0.4 is 5.32 Å². The Balaban J connectivity index is 2.85. The van der Waals surface area contributed by atoms with Crippen molar-refractivity contribution in [1.82, 2.24) is 14.9 Å². The number of aromatic nitrogens is 2. The fourth-order valence-corrected chi connectivity index (χ4v) is 2.39. The quantitative estimate of drug-likeness (QED) is 0.813. The summed E-state index contributed by atoms with van der Waals surface area (Å²) in [5.74, 6) is 0.0839. The largest absolute Gasteiger partial charge is 0.480 e. The van der Waals surface area contributed by atoms with Gasteiger partial charge in [-0.2, -0.15) is 0 Å². The van der Waals surface area contributed by atoms with Gasteiger partial charge in [0.25, 0.3) is 0 Å². The molecule has 0 aliphatic rings. The molecule has 1 rings (SSSR count). The Hall–Kier alpha value is -1.36. The highest BCUT2D eigenvalue weighted by Crippen LogP contribution is 2.23. The number of carboxylic acids is 1. The van der Waals surface area contributed by atoms with Crippen LogP contribution in [0.1, 0.15) is 46.0 Å². The van der Waals surface area contributed by atoms with Crippen LogP contribution in [-0.2, 0) is 4.79 Å². The molecule has 2 atom stereocenters. The molecule has 0 spiro atoms. The van der Waals surface area contributed by atoms with Crippen LogP contribution in [0.15, 0.2) is 12.4 Å². The fourth-order valence-electron chi connectivity index (χ4n) is 2.39. The Morgan fingerprint density at radius 3 is 2.56 bits per heavy atom. The first kappa shape index (κ1) is 14.7. The van der Waals surface area contributed by atoms with Crippen molar-refractivity contribution in [2.45, 2.75) is 58.7 Å². The average molecular weight is 253 g/mol. The molecule has 1 aromatic heterocycles. The number of hydrogen-bond donors (Lipinski definition) is 2. The van der Waals surface area contributed by atoms with Gasteiger partial charge < -0.3 is 9.67 Å². The molecule has 0 radical (unpaired) electrons. The topological polar surface area (TPSA) is 67.2 Å². The average Bonchev–Trinajstić information content (AvgIpc) is 2.62. The van der Waals surface area contributed by atoms with E-state index in [9.17, 15) is 9.90 Å². The highest BCUT2D eigenvalue weighted by atomic mass is 16.4. The minimum atomic E-state index is -0.926. The molecule has 0 aliphatic heterocycles. The second-order valence-corrected chi connectivity index (χ2v) is 5.37. The van der Waals surface area contributed by atoms with Gasteiger partial charge in [-0.25, -0.2) is 4.98 Å². The normalized spacial score (nSPS) is 16.6. The van der Waals surface area contributed by atoms with Gasteiger partial charge in [-0.1, -0.05) is 0 Å². The Kier molecular flexibility index (Phi) is 4.51. The standard InChI is InChI=1S/C13H23N3O2/c1-9(2)15-13(5,12(17)18)8-10(3)16-7-6-14-11(16)4/h6-7,9-10,15H,8H2,1-5H3,(H,17,18). The van der Waals surface area contributed by atoms with Crippen molar-refractivity contribution >= 4 is 5.97 Å². The summed E-state index contributed by atoms with van der Waals surface area (Å²) in [5, 5.41) is 12.5. The Bertz CT molecular complexity index is 414. The molecule has 102 valence electrons. The third-order valence-corrected chi connectivity index (χ3v) is 3.12. The van der Waals surface area contributed by atoms with Gasteiger partial charge in [0.05, 0.1) is 0 Å². The van der Waals surface area contributed by atoms with Crippen molar-refractivity contribution in [3.05, 3.63) is 18.2 Å². The maximum atomic E-state index is 11.5. The highest BCUT2D eigenvalue weighted by molar-refractivity contribution is 5.78. The Morgan fingerprint density at radius 2 is 2.17 bits per heavy atom. The van der Waals surface area contributed by atoms with Crippen LogP contribution in [-0.4, -0.2) is 32.2 Å². The number of aliphatic carboxylic acids is 1. The Morgan fingerprint density at radius 1 is 1.56 bits per heavy atom. The van der Waals surface area contributed by atoms with Gasteiger partial charge in [0, 0.05) is 24.5 Å². The van der Waals surface area contributed by atoms with Crippen LogP contribution in [0.5, 0.6) is 0 Å². The van der Waals surface area contributed by atoms with E-state index < -0.39 is 11.5 Å². The zero-order valence-corrected chi connectivity index (χ0v) is 11.8. The van der Waals surface area contributed by atoms with Crippen molar-refractivity contribution in [2.75, 3.05) is 0 Å². The van der Waals surface area contributed by atoms with Crippen molar-refractivity contribution < 1.29 is 9.90 Å². The zero-order chi connectivity index (χ0) is 13.9. The first-order valence-corrected chi connectivity index (χ1v) is 6.27.